The molecule has 0 saturated heterocycles. The number of nitrogens with zero attached hydrogens (tertiary/aromatic N) is 6. The van der Waals surface area contributed by atoms with E-state index in [-0.39, 0.29) is 10.6 Å². The first-order chi connectivity index (χ1) is 12.8. The molecule has 0 aliphatic carbocycles. The van der Waals surface area contributed by atoms with Crippen LogP contribution in [0.4, 0.5) is 5.69 Å². The Balaban J connectivity index is 1.88. The molecule has 0 unspecified atom stereocenters. The molecule has 1 aromatic carbocycles. The number of nitro benzene ring substituents is 1. The summed E-state index contributed by atoms with van der Waals surface area (Å²) in [7, 11) is -2.72. The molecule has 2 aromatic heterocycles. The predicted molar refractivity (Wildman–Crippen MR) is 95.5 cm³/mol. The van der Waals surface area contributed by atoms with Crippen molar-refractivity contribution in [1.29, 1.82) is 5.26 Å². The van der Waals surface area contributed by atoms with Crippen molar-refractivity contribution in [2.24, 2.45) is 5.10 Å². The van der Waals surface area contributed by atoms with Crippen molar-refractivity contribution in [2.75, 3.05) is 7.05 Å². The monoisotopic (exact) mass is 384 g/mol. The maximum absolute atomic E-state index is 12.5. The molecule has 0 aliphatic rings. The SMILES string of the molecule is CN(N=Cc1cnn2ccc(C#N)cc12)S(=O)(=O)c1ccc([N+](=O)[O-])cc1. The number of pyridine rings is 1. The molecular weight excluding hydrogens is 372 g/mol. The number of benzene rings is 1. The summed E-state index contributed by atoms with van der Waals surface area (Å²) in [6, 6.07) is 9.75. The number of hydrazone groups is 1. The van der Waals surface area contributed by atoms with Crippen LogP contribution in [0.2, 0.25) is 0 Å². The first-order valence-corrected chi connectivity index (χ1v) is 8.92. The van der Waals surface area contributed by atoms with Gasteiger partial charge in [0.05, 0.1) is 39.4 Å². The highest BCUT2D eigenvalue weighted by Crippen LogP contribution is 2.19. The molecule has 3 rings (SSSR count). The molecule has 27 heavy (non-hydrogen) atoms. The summed E-state index contributed by atoms with van der Waals surface area (Å²) in [5.41, 5.74) is 1.35. The fraction of sp³-hybridized carbons (Fsp3) is 0.0625. The number of aromatic nitrogens is 2. The number of non-ortho nitro benzene ring substituents is 1. The standard InChI is InChI=1S/C16H12N6O4S/c1-20(27(25,26)15-4-2-14(3-5-15)22(23)24)18-10-13-11-19-21-7-6-12(9-17)8-16(13)21/h2-8,10-11H,1H3. The van der Waals surface area contributed by atoms with Gasteiger partial charge in [-0.25, -0.2) is 4.52 Å². The molecule has 0 amide bonds. The Kier molecular flexibility index (Phi) is 4.57. The van der Waals surface area contributed by atoms with E-state index in [9.17, 15) is 18.5 Å². The second-order valence-electron chi connectivity index (χ2n) is 5.39. The topological polar surface area (TPSA) is 134 Å². The van der Waals surface area contributed by atoms with Crippen molar-refractivity contribution < 1.29 is 13.3 Å². The first-order valence-electron chi connectivity index (χ1n) is 7.48. The lowest BCUT2D eigenvalue weighted by molar-refractivity contribution is -0.384. The minimum Gasteiger partial charge on any atom is -0.258 e. The second kappa shape index (κ2) is 6.85. The van der Waals surface area contributed by atoms with Gasteiger partial charge < -0.3 is 0 Å². The molecule has 3 aromatic rings. The lowest BCUT2D eigenvalue weighted by atomic mass is 10.2. The normalized spacial score (nSPS) is 11.6. The van der Waals surface area contributed by atoms with Crippen LogP contribution in [0.15, 0.2) is 58.8 Å². The zero-order valence-electron chi connectivity index (χ0n) is 13.9. The van der Waals surface area contributed by atoms with Crippen LogP contribution in [0.5, 0.6) is 0 Å². The molecule has 0 saturated carbocycles. The van der Waals surface area contributed by atoms with E-state index in [0.717, 1.165) is 28.7 Å². The molecule has 0 bridgehead atoms. The Morgan fingerprint density at radius 1 is 1.33 bits per heavy atom. The number of hydrogen-bond donors (Lipinski definition) is 0. The van der Waals surface area contributed by atoms with Gasteiger partial charge in [0, 0.05) is 30.9 Å². The molecule has 0 radical (unpaired) electrons. The van der Waals surface area contributed by atoms with Crippen LogP contribution in [-0.2, 0) is 10.0 Å². The fourth-order valence-corrected chi connectivity index (χ4v) is 3.22. The number of fused-ring (bicyclic) bond motifs is 1. The van der Waals surface area contributed by atoms with Crippen LogP contribution in [0, 0.1) is 21.4 Å². The Morgan fingerprint density at radius 2 is 2.04 bits per heavy atom. The van der Waals surface area contributed by atoms with E-state index in [2.05, 4.69) is 10.2 Å². The fourth-order valence-electron chi connectivity index (χ4n) is 2.27. The van der Waals surface area contributed by atoms with E-state index < -0.39 is 14.9 Å². The van der Waals surface area contributed by atoms with Crippen molar-refractivity contribution >= 4 is 27.4 Å². The van der Waals surface area contributed by atoms with E-state index in [1.807, 2.05) is 6.07 Å². The largest absolute Gasteiger partial charge is 0.278 e. The quantitative estimate of drug-likeness (QED) is 0.374. The third-order valence-electron chi connectivity index (χ3n) is 3.73. The first kappa shape index (κ1) is 18.0. The molecule has 0 spiro atoms. The van der Waals surface area contributed by atoms with Crippen molar-refractivity contribution in [3.05, 3.63) is 70.0 Å². The third-order valence-corrected chi connectivity index (χ3v) is 5.39. The molecule has 2 heterocycles. The highest BCUT2D eigenvalue weighted by atomic mass is 32.2. The maximum Gasteiger partial charge on any atom is 0.278 e. The van der Waals surface area contributed by atoms with Gasteiger partial charge in [-0.15, -0.1) is 0 Å². The van der Waals surface area contributed by atoms with Gasteiger partial charge in [0.25, 0.3) is 15.7 Å². The minimum absolute atomic E-state index is 0.126. The molecule has 136 valence electrons. The Labute approximate surface area is 153 Å². The number of sulfonamides is 1. The zero-order chi connectivity index (χ0) is 19.6. The molecule has 10 nitrogen and oxygen atoms in total. The van der Waals surface area contributed by atoms with Crippen LogP contribution < -0.4 is 0 Å². The van der Waals surface area contributed by atoms with E-state index in [4.69, 9.17) is 5.26 Å². The van der Waals surface area contributed by atoms with Gasteiger partial charge in [-0.05, 0) is 24.3 Å². The summed E-state index contributed by atoms with van der Waals surface area (Å²) in [5.74, 6) is 0. The average molecular weight is 384 g/mol. The van der Waals surface area contributed by atoms with Gasteiger partial charge in [-0.3, -0.25) is 10.1 Å². The zero-order valence-corrected chi connectivity index (χ0v) is 14.7. The van der Waals surface area contributed by atoms with Gasteiger partial charge >= 0.3 is 0 Å². The van der Waals surface area contributed by atoms with Gasteiger partial charge in [-0.2, -0.15) is 28.3 Å². The van der Waals surface area contributed by atoms with Crippen molar-refractivity contribution in [2.45, 2.75) is 4.90 Å². The lowest BCUT2D eigenvalue weighted by Crippen LogP contribution is -2.21. The summed E-state index contributed by atoms with van der Waals surface area (Å²) in [6.07, 6.45) is 4.42. The number of nitriles is 1. The van der Waals surface area contributed by atoms with Crippen molar-refractivity contribution in [3.63, 3.8) is 0 Å². The van der Waals surface area contributed by atoms with Crippen LogP contribution in [0.25, 0.3) is 5.52 Å². The molecule has 0 fully saturated rings. The Hall–Kier alpha value is -3.78. The summed E-state index contributed by atoms with van der Waals surface area (Å²) in [4.78, 5) is 9.94. The maximum atomic E-state index is 12.5. The lowest BCUT2D eigenvalue weighted by Gasteiger charge is -2.13. The van der Waals surface area contributed by atoms with Gasteiger partial charge in [0.1, 0.15) is 0 Å². The van der Waals surface area contributed by atoms with Crippen LogP contribution in [0.1, 0.15) is 11.1 Å². The van der Waals surface area contributed by atoms with Gasteiger partial charge in [-0.1, -0.05) is 0 Å². The molecule has 0 atom stereocenters. The minimum atomic E-state index is -3.97. The highest BCUT2D eigenvalue weighted by Gasteiger charge is 2.20. The van der Waals surface area contributed by atoms with E-state index in [1.165, 1.54) is 24.0 Å². The Bertz CT molecular complexity index is 1190. The molecule has 0 N–H and O–H groups in total. The van der Waals surface area contributed by atoms with Crippen molar-refractivity contribution in [3.8, 4) is 6.07 Å². The number of rotatable bonds is 5. The second-order valence-corrected chi connectivity index (χ2v) is 7.34. The summed E-state index contributed by atoms with van der Waals surface area (Å²) < 4.78 is 27.3. The average Bonchev–Trinajstić information content (AvgIpc) is 3.08. The third kappa shape index (κ3) is 3.46. The predicted octanol–water partition coefficient (Wildman–Crippen LogP) is 1.77. The van der Waals surface area contributed by atoms with E-state index in [0.29, 0.717) is 16.6 Å². The van der Waals surface area contributed by atoms with Crippen LogP contribution in [0.3, 0.4) is 0 Å². The molecule has 0 aliphatic heterocycles. The van der Waals surface area contributed by atoms with E-state index in [1.54, 1.807) is 18.3 Å². The molecular formula is C16H12N6O4S. The summed E-state index contributed by atoms with van der Waals surface area (Å²) in [6.45, 7) is 0. The smallest absolute Gasteiger partial charge is 0.258 e. The van der Waals surface area contributed by atoms with Gasteiger partial charge in [0.15, 0.2) is 0 Å². The van der Waals surface area contributed by atoms with E-state index >= 15 is 0 Å². The van der Waals surface area contributed by atoms with Crippen molar-refractivity contribution in [1.82, 2.24) is 14.0 Å². The summed E-state index contributed by atoms with van der Waals surface area (Å²) in [5, 5.41) is 27.7. The van der Waals surface area contributed by atoms with Crippen LogP contribution in [-0.4, -0.2) is 40.6 Å². The van der Waals surface area contributed by atoms with Crippen LogP contribution >= 0.6 is 0 Å². The van der Waals surface area contributed by atoms with Gasteiger partial charge in [0.2, 0.25) is 0 Å². The Morgan fingerprint density at radius 3 is 2.67 bits per heavy atom. The highest BCUT2D eigenvalue weighted by molar-refractivity contribution is 7.89. The number of nitro groups is 1. The number of hydrogen-bond acceptors (Lipinski definition) is 7. The summed E-state index contributed by atoms with van der Waals surface area (Å²) >= 11 is 0. The molecule has 11 heteroatoms.